The van der Waals surface area contributed by atoms with Crippen molar-refractivity contribution in [3.05, 3.63) is 23.9 Å². The Hall–Kier alpha value is -1.66. The molecule has 1 aromatic rings. The first-order valence-corrected chi connectivity index (χ1v) is 8.47. The highest BCUT2D eigenvalue weighted by atomic mass is 16.5. The van der Waals surface area contributed by atoms with Crippen LogP contribution in [0.1, 0.15) is 31.2 Å². The molecule has 0 aliphatic carbocycles. The van der Waals surface area contributed by atoms with E-state index in [-0.39, 0.29) is 12.0 Å². The van der Waals surface area contributed by atoms with Crippen LogP contribution < -0.4 is 10.2 Å². The van der Waals surface area contributed by atoms with Crippen molar-refractivity contribution in [2.45, 2.75) is 38.3 Å². The molecule has 3 heterocycles. The van der Waals surface area contributed by atoms with E-state index in [1.807, 2.05) is 18.3 Å². The van der Waals surface area contributed by atoms with Crippen molar-refractivity contribution in [1.29, 1.82) is 0 Å². The predicted molar refractivity (Wildman–Crippen MR) is 87.3 cm³/mol. The fraction of sp³-hybridized carbons (Fsp3) is 0.647. The molecule has 2 aliphatic rings. The smallest absolute Gasteiger partial charge is 0.220 e. The van der Waals surface area contributed by atoms with Crippen molar-refractivity contribution in [3.63, 3.8) is 0 Å². The molecule has 1 atom stereocenters. The van der Waals surface area contributed by atoms with Crippen molar-refractivity contribution in [3.8, 4) is 0 Å². The molecule has 1 aromatic heterocycles. The molecule has 0 aromatic carbocycles. The summed E-state index contributed by atoms with van der Waals surface area (Å²) in [4.78, 5) is 18.6. The number of carbonyl (C=O) groups is 1. The highest BCUT2D eigenvalue weighted by Crippen LogP contribution is 2.17. The summed E-state index contributed by atoms with van der Waals surface area (Å²) in [7, 11) is 0. The van der Waals surface area contributed by atoms with Gasteiger partial charge in [-0.25, -0.2) is 4.98 Å². The Morgan fingerprint density at radius 2 is 2.17 bits per heavy atom. The van der Waals surface area contributed by atoms with E-state index in [9.17, 15) is 4.79 Å². The number of anilines is 1. The Balaban J connectivity index is 1.40. The Morgan fingerprint density at radius 3 is 2.87 bits per heavy atom. The minimum atomic E-state index is 0.0813. The van der Waals surface area contributed by atoms with Gasteiger partial charge in [-0.3, -0.25) is 4.79 Å². The predicted octanol–water partition coefficient (Wildman–Crippen LogP) is 1.49. The minimum absolute atomic E-state index is 0.0813. The number of hydrogen-bond acceptors (Lipinski definition) is 5. The van der Waals surface area contributed by atoms with Gasteiger partial charge in [0.05, 0.1) is 19.3 Å². The first-order chi connectivity index (χ1) is 11.3. The zero-order valence-corrected chi connectivity index (χ0v) is 13.5. The van der Waals surface area contributed by atoms with Crippen molar-refractivity contribution < 1.29 is 14.3 Å². The Labute approximate surface area is 137 Å². The molecular weight excluding hydrogens is 294 g/mol. The summed E-state index contributed by atoms with van der Waals surface area (Å²) >= 11 is 0. The first-order valence-electron chi connectivity index (χ1n) is 8.47. The van der Waals surface area contributed by atoms with Gasteiger partial charge in [0.15, 0.2) is 0 Å². The second kappa shape index (κ2) is 8.26. The third-order valence-electron chi connectivity index (χ3n) is 4.35. The number of hydrogen-bond donors (Lipinski definition) is 1. The van der Waals surface area contributed by atoms with E-state index in [2.05, 4.69) is 15.2 Å². The Morgan fingerprint density at radius 1 is 1.30 bits per heavy atom. The minimum Gasteiger partial charge on any atom is -0.378 e. The lowest BCUT2D eigenvalue weighted by molar-refractivity contribution is -0.121. The van der Waals surface area contributed by atoms with E-state index in [4.69, 9.17) is 9.47 Å². The fourth-order valence-corrected chi connectivity index (χ4v) is 2.95. The molecule has 0 spiro atoms. The highest BCUT2D eigenvalue weighted by Gasteiger charge is 2.16. The molecule has 0 bridgehead atoms. The number of aromatic nitrogens is 1. The van der Waals surface area contributed by atoms with Crippen LogP contribution >= 0.6 is 0 Å². The molecule has 1 amide bonds. The SMILES string of the molecule is O=C(CCC1CCCO1)NCc1ccc(N2CCOCC2)nc1. The van der Waals surface area contributed by atoms with Gasteiger partial charge in [0.1, 0.15) is 5.82 Å². The number of amides is 1. The molecule has 2 aliphatic heterocycles. The summed E-state index contributed by atoms with van der Waals surface area (Å²) < 4.78 is 10.9. The number of pyridine rings is 1. The average molecular weight is 319 g/mol. The van der Waals surface area contributed by atoms with Gasteiger partial charge in [-0.05, 0) is 30.9 Å². The summed E-state index contributed by atoms with van der Waals surface area (Å²) in [6, 6.07) is 4.04. The van der Waals surface area contributed by atoms with Crippen LogP contribution in [0.3, 0.4) is 0 Å². The Bertz CT molecular complexity index is 494. The highest BCUT2D eigenvalue weighted by molar-refractivity contribution is 5.75. The second-order valence-electron chi connectivity index (χ2n) is 6.07. The summed E-state index contributed by atoms with van der Waals surface area (Å²) in [6.45, 7) is 4.64. The molecule has 2 saturated heterocycles. The van der Waals surface area contributed by atoms with E-state index in [0.717, 1.165) is 63.6 Å². The van der Waals surface area contributed by atoms with Crippen LogP contribution in [-0.4, -0.2) is 49.9 Å². The van der Waals surface area contributed by atoms with Gasteiger partial charge >= 0.3 is 0 Å². The summed E-state index contributed by atoms with van der Waals surface area (Å²) in [5.74, 6) is 1.06. The van der Waals surface area contributed by atoms with Crippen LogP contribution in [0.2, 0.25) is 0 Å². The molecular formula is C17H25N3O3. The van der Waals surface area contributed by atoms with Crippen molar-refractivity contribution in [2.24, 2.45) is 0 Å². The van der Waals surface area contributed by atoms with E-state index < -0.39 is 0 Å². The average Bonchev–Trinajstić information content (AvgIpc) is 3.13. The van der Waals surface area contributed by atoms with Crippen LogP contribution in [0.25, 0.3) is 0 Å². The number of morpholine rings is 1. The van der Waals surface area contributed by atoms with Crippen LogP contribution in [0.15, 0.2) is 18.3 Å². The van der Waals surface area contributed by atoms with Gasteiger partial charge in [0, 0.05) is 38.9 Å². The van der Waals surface area contributed by atoms with Crippen molar-refractivity contribution >= 4 is 11.7 Å². The zero-order chi connectivity index (χ0) is 15.9. The monoisotopic (exact) mass is 319 g/mol. The number of nitrogens with one attached hydrogen (secondary N) is 1. The molecule has 126 valence electrons. The maximum Gasteiger partial charge on any atom is 0.220 e. The lowest BCUT2D eigenvalue weighted by atomic mass is 10.1. The molecule has 23 heavy (non-hydrogen) atoms. The Kier molecular flexibility index (Phi) is 5.82. The molecule has 1 N–H and O–H groups in total. The van der Waals surface area contributed by atoms with Gasteiger partial charge in [0.2, 0.25) is 5.91 Å². The molecule has 3 rings (SSSR count). The zero-order valence-electron chi connectivity index (χ0n) is 13.5. The number of carbonyl (C=O) groups excluding carboxylic acids is 1. The number of rotatable bonds is 6. The van der Waals surface area contributed by atoms with Crippen LogP contribution in [0, 0.1) is 0 Å². The fourth-order valence-electron chi connectivity index (χ4n) is 2.95. The van der Waals surface area contributed by atoms with E-state index in [1.165, 1.54) is 0 Å². The van der Waals surface area contributed by atoms with Crippen LogP contribution in [-0.2, 0) is 20.8 Å². The van der Waals surface area contributed by atoms with Gasteiger partial charge in [0.25, 0.3) is 0 Å². The van der Waals surface area contributed by atoms with E-state index in [0.29, 0.717) is 13.0 Å². The van der Waals surface area contributed by atoms with Crippen LogP contribution in [0.4, 0.5) is 5.82 Å². The van der Waals surface area contributed by atoms with Crippen molar-refractivity contribution in [1.82, 2.24) is 10.3 Å². The lowest BCUT2D eigenvalue weighted by Gasteiger charge is -2.27. The third kappa shape index (κ3) is 4.91. The quantitative estimate of drug-likeness (QED) is 0.861. The largest absolute Gasteiger partial charge is 0.378 e. The second-order valence-corrected chi connectivity index (χ2v) is 6.07. The van der Waals surface area contributed by atoms with E-state index >= 15 is 0 Å². The standard InChI is InChI=1S/C17H25N3O3/c21-17(6-4-15-2-1-9-23-15)19-13-14-3-5-16(18-12-14)20-7-10-22-11-8-20/h3,5,12,15H,1-2,4,6-11,13H2,(H,19,21). The lowest BCUT2D eigenvalue weighted by Crippen LogP contribution is -2.36. The van der Waals surface area contributed by atoms with Gasteiger partial charge < -0.3 is 19.7 Å². The molecule has 0 saturated carbocycles. The topological polar surface area (TPSA) is 63.7 Å². The molecule has 1 unspecified atom stereocenters. The van der Waals surface area contributed by atoms with Gasteiger partial charge in [-0.15, -0.1) is 0 Å². The molecule has 0 radical (unpaired) electrons. The molecule has 6 heteroatoms. The first kappa shape index (κ1) is 16.2. The van der Waals surface area contributed by atoms with Gasteiger partial charge in [-0.1, -0.05) is 6.07 Å². The molecule has 2 fully saturated rings. The summed E-state index contributed by atoms with van der Waals surface area (Å²) in [5, 5.41) is 2.95. The molecule has 6 nitrogen and oxygen atoms in total. The maximum atomic E-state index is 11.9. The number of ether oxygens (including phenoxy) is 2. The summed E-state index contributed by atoms with van der Waals surface area (Å²) in [5.41, 5.74) is 1.02. The van der Waals surface area contributed by atoms with Crippen molar-refractivity contribution in [2.75, 3.05) is 37.8 Å². The number of nitrogens with zero attached hydrogens (tertiary/aromatic N) is 2. The van der Waals surface area contributed by atoms with Gasteiger partial charge in [-0.2, -0.15) is 0 Å². The maximum absolute atomic E-state index is 11.9. The third-order valence-corrected chi connectivity index (χ3v) is 4.35. The summed E-state index contributed by atoms with van der Waals surface area (Å²) in [6.07, 6.45) is 5.67. The van der Waals surface area contributed by atoms with E-state index in [1.54, 1.807) is 0 Å². The van der Waals surface area contributed by atoms with Crippen LogP contribution in [0.5, 0.6) is 0 Å². The normalized spacial score (nSPS) is 21.4.